The minimum Gasteiger partial charge on any atom is -0.497 e. The molecule has 0 bridgehead atoms. The molecule has 112 valence electrons. The second-order valence-corrected chi connectivity index (χ2v) is 5.18. The summed E-state index contributed by atoms with van der Waals surface area (Å²) in [5.74, 6) is 0.828. The molecular formula is C15H20F3NO. The van der Waals surface area contributed by atoms with Gasteiger partial charge in [0.1, 0.15) is 5.75 Å². The Morgan fingerprint density at radius 2 is 2.10 bits per heavy atom. The summed E-state index contributed by atoms with van der Waals surface area (Å²) in [5, 5.41) is 3.35. The van der Waals surface area contributed by atoms with Crippen molar-refractivity contribution in [2.24, 2.45) is 0 Å². The van der Waals surface area contributed by atoms with Gasteiger partial charge < -0.3 is 10.1 Å². The first kappa shape index (κ1) is 15.2. The van der Waals surface area contributed by atoms with Crippen molar-refractivity contribution in [3.63, 3.8) is 0 Å². The highest BCUT2D eigenvalue weighted by Crippen LogP contribution is 2.33. The van der Waals surface area contributed by atoms with Gasteiger partial charge in [0.25, 0.3) is 0 Å². The van der Waals surface area contributed by atoms with Crippen molar-refractivity contribution in [3.8, 4) is 5.75 Å². The largest absolute Gasteiger partial charge is 0.497 e. The van der Waals surface area contributed by atoms with Crippen molar-refractivity contribution in [3.05, 3.63) is 29.3 Å². The van der Waals surface area contributed by atoms with E-state index in [0.717, 1.165) is 18.6 Å². The van der Waals surface area contributed by atoms with Gasteiger partial charge in [-0.1, -0.05) is 6.07 Å². The molecule has 0 amide bonds. The lowest BCUT2D eigenvalue weighted by molar-refractivity contribution is -0.135. The van der Waals surface area contributed by atoms with Gasteiger partial charge in [0, 0.05) is 12.5 Å². The van der Waals surface area contributed by atoms with Crippen LogP contribution in [0.2, 0.25) is 0 Å². The van der Waals surface area contributed by atoms with E-state index >= 15 is 0 Å². The summed E-state index contributed by atoms with van der Waals surface area (Å²) in [6.45, 7) is 0.622. The quantitative estimate of drug-likeness (QED) is 0.798. The van der Waals surface area contributed by atoms with Crippen LogP contribution in [-0.4, -0.2) is 19.8 Å². The summed E-state index contributed by atoms with van der Waals surface area (Å²) in [5.41, 5.74) is 2.53. The van der Waals surface area contributed by atoms with Gasteiger partial charge in [-0.3, -0.25) is 0 Å². The lowest BCUT2D eigenvalue weighted by Crippen LogP contribution is -2.21. The third-order valence-corrected chi connectivity index (χ3v) is 3.71. The lowest BCUT2D eigenvalue weighted by atomic mass is 10.1. The Hall–Kier alpha value is -1.23. The van der Waals surface area contributed by atoms with Crippen molar-refractivity contribution in [1.29, 1.82) is 0 Å². The molecule has 1 aromatic rings. The third-order valence-electron chi connectivity index (χ3n) is 3.71. The number of hydrogen-bond donors (Lipinski definition) is 1. The number of halogens is 3. The first-order chi connectivity index (χ1) is 9.49. The normalized spacial score (nSPS) is 18.1. The number of ether oxygens (including phenoxy) is 1. The van der Waals surface area contributed by atoms with Gasteiger partial charge in [-0.2, -0.15) is 13.2 Å². The Morgan fingerprint density at radius 1 is 1.30 bits per heavy atom. The molecule has 2 nitrogen and oxygen atoms in total. The molecule has 0 aromatic heterocycles. The van der Waals surface area contributed by atoms with Crippen LogP contribution >= 0.6 is 0 Å². The fraction of sp³-hybridized carbons (Fsp3) is 0.600. The Balaban J connectivity index is 1.79. The van der Waals surface area contributed by atoms with Crippen LogP contribution in [0.5, 0.6) is 5.75 Å². The van der Waals surface area contributed by atoms with Gasteiger partial charge in [0.05, 0.1) is 7.11 Å². The zero-order chi connectivity index (χ0) is 14.6. The molecule has 20 heavy (non-hydrogen) atoms. The predicted octanol–water partition coefficient (Wildman–Crippen LogP) is 4.00. The molecular weight excluding hydrogens is 267 g/mol. The maximum atomic E-state index is 12.0. The smallest absolute Gasteiger partial charge is 0.389 e. The first-order valence-corrected chi connectivity index (χ1v) is 6.96. The van der Waals surface area contributed by atoms with Crippen molar-refractivity contribution < 1.29 is 17.9 Å². The molecule has 0 saturated heterocycles. The van der Waals surface area contributed by atoms with Crippen molar-refractivity contribution in [1.82, 2.24) is 5.32 Å². The van der Waals surface area contributed by atoms with Gasteiger partial charge in [0.2, 0.25) is 0 Å². The van der Waals surface area contributed by atoms with Gasteiger partial charge in [-0.15, -0.1) is 0 Å². The average Bonchev–Trinajstić information content (AvgIpc) is 2.79. The molecule has 5 heteroatoms. The zero-order valence-electron chi connectivity index (χ0n) is 11.6. The van der Waals surface area contributed by atoms with E-state index in [4.69, 9.17) is 4.74 Å². The van der Waals surface area contributed by atoms with Crippen LogP contribution in [0, 0.1) is 0 Å². The first-order valence-electron chi connectivity index (χ1n) is 6.96. The van der Waals surface area contributed by atoms with Crippen molar-refractivity contribution in [2.45, 2.75) is 44.3 Å². The third kappa shape index (κ3) is 4.13. The summed E-state index contributed by atoms with van der Waals surface area (Å²) in [7, 11) is 1.64. The van der Waals surface area contributed by atoms with E-state index in [1.54, 1.807) is 7.11 Å². The molecule has 2 rings (SSSR count). The van der Waals surface area contributed by atoms with Crippen LogP contribution in [0.15, 0.2) is 18.2 Å². The molecule has 1 aromatic carbocycles. The lowest BCUT2D eigenvalue weighted by Gasteiger charge is -2.15. The summed E-state index contributed by atoms with van der Waals surface area (Å²) in [4.78, 5) is 0. The number of aryl methyl sites for hydroxylation is 1. The minimum atomic E-state index is -4.03. The minimum absolute atomic E-state index is 0.189. The molecule has 1 aliphatic rings. The van der Waals surface area contributed by atoms with E-state index in [9.17, 15) is 13.2 Å². The Morgan fingerprint density at radius 3 is 2.80 bits per heavy atom. The molecule has 0 aliphatic heterocycles. The number of nitrogens with one attached hydrogen (secondary N) is 1. The SMILES string of the molecule is COc1ccc2c(c1)C(NCCCCC(F)(F)F)CC2. The van der Waals surface area contributed by atoms with Crippen LogP contribution in [0.25, 0.3) is 0 Å². The second kappa shape index (κ2) is 6.48. The van der Waals surface area contributed by atoms with Crippen LogP contribution in [0.3, 0.4) is 0 Å². The van der Waals surface area contributed by atoms with Crippen LogP contribution in [0.4, 0.5) is 13.2 Å². The Kier molecular flexibility index (Phi) is 4.91. The summed E-state index contributed by atoms with van der Waals surface area (Å²) < 4.78 is 41.3. The highest BCUT2D eigenvalue weighted by Gasteiger charge is 2.26. The molecule has 1 unspecified atom stereocenters. The monoisotopic (exact) mass is 287 g/mol. The van der Waals surface area contributed by atoms with E-state index < -0.39 is 12.6 Å². The molecule has 1 N–H and O–H groups in total. The van der Waals surface area contributed by atoms with E-state index in [2.05, 4.69) is 11.4 Å². The number of benzene rings is 1. The highest BCUT2D eigenvalue weighted by molar-refractivity contribution is 5.40. The van der Waals surface area contributed by atoms with Gasteiger partial charge in [-0.25, -0.2) is 0 Å². The molecule has 0 fully saturated rings. The predicted molar refractivity (Wildman–Crippen MR) is 72.0 cm³/mol. The number of hydrogen-bond acceptors (Lipinski definition) is 2. The summed E-state index contributed by atoms with van der Waals surface area (Å²) in [6.07, 6.45) is -1.97. The van der Waals surface area contributed by atoms with Gasteiger partial charge in [0.15, 0.2) is 0 Å². The van der Waals surface area contributed by atoms with Gasteiger partial charge in [-0.05, 0) is 55.5 Å². The van der Waals surface area contributed by atoms with E-state index in [0.29, 0.717) is 13.0 Å². The summed E-state index contributed by atoms with van der Waals surface area (Å²) in [6, 6.07) is 6.28. The van der Waals surface area contributed by atoms with Crippen LogP contribution < -0.4 is 10.1 Å². The molecule has 0 spiro atoms. The molecule has 1 aliphatic carbocycles. The fourth-order valence-electron chi connectivity index (χ4n) is 2.65. The van der Waals surface area contributed by atoms with E-state index in [-0.39, 0.29) is 12.5 Å². The number of alkyl halides is 3. The van der Waals surface area contributed by atoms with Crippen LogP contribution in [0.1, 0.15) is 42.9 Å². The zero-order valence-corrected chi connectivity index (χ0v) is 11.6. The maximum absolute atomic E-state index is 12.0. The number of methoxy groups -OCH3 is 1. The topological polar surface area (TPSA) is 21.3 Å². The van der Waals surface area contributed by atoms with Crippen molar-refractivity contribution in [2.75, 3.05) is 13.7 Å². The molecule has 0 radical (unpaired) electrons. The summed E-state index contributed by atoms with van der Waals surface area (Å²) >= 11 is 0. The maximum Gasteiger partial charge on any atom is 0.389 e. The standard InChI is InChI=1S/C15H20F3NO/c1-20-12-6-4-11-5-7-14(13(11)10-12)19-9-3-2-8-15(16,17)18/h4,6,10,14,19H,2-3,5,7-9H2,1H3. The van der Waals surface area contributed by atoms with Crippen LogP contribution in [-0.2, 0) is 6.42 Å². The van der Waals surface area contributed by atoms with E-state index in [1.165, 1.54) is 11.1 Å². The average molecular weight is 287 g/mol. The van der Waals surface area contributed by atoms with Gasteiger partial charge >= 0.3 is 6.18 Å². The van der Waals surface area contributed by atoms with E-state index in [1.807, 2.05) is 12.1 Å². The molecule has 0 saturated carbocycles. The number of unbranched alkanes of at least 4 members (excludes halogenated alkanes) is 1. The second-order valence-electron chi connectivity index (χ2n) is 5.18. The Bertz CT molecular complexity index is 445. The Labute approximate surface area is 117 Å². The fourth-order valence-corrected chi connectivity index (χ4v) is 2.65. The number of rotatable bonds is 6. The highest BCUT2D eigenvalue weighted by atomic mass is 19.4. The molecule has 1 atom stereocenters. The van der Waals surface area contributed by atoms with Crippen molar-refractivity contribution >= 4 is 0 Å². The molecule has 0 heterocycles. The number of fused-ring (bicyclic) bond motifs is 1.